The zero-order valence-electron chi connectivity index (χ0n) is 8.60. The molecule has 1 aliphatic carbocycles. The van der Waals surface area contributed by atoms with Crippen LogP contribution < -0.4 is 5.32 Å². The number of hydrogen-bond acceptors (Lipinski definition) is 1. The minimum atomic E-state index is -0.231. The fourth-order valence-electron chi connectivity index (χ4n) is 2.16. The van der Waals surface area contributed by atoms with Crippen LogP contribution in [-0.2, 0) is 6.42 Å². The summed E-state index contributed by atoms with van der Waals surface area (Å²) < 4.78 is 13.2. The van der Waals surface area contributed by atoms with Crippen LogP contribution in [0, 0.1) is 0 Å². The second kappa shape index (κ2) is 5.08. The van der Waals surface area contributed by atoms with Gasteiger partial charge in [-0.1, -0.05) is 28.1 Å². The van der Waals surface area contributed by atoms with Crippen molar-refractivity contribution in [3.05, 3.63) is 33.8 Å². The van der Waals surface area contributed by atoms with E-state index in [1.54, 1.807) is 0 Å². The number of rotatable bonds is 4. The molecule has 82 valence electrons. The molecule has 15 heavy (non-hydrogen) atoms. The first-order chi connectivity index (χ1) is 7.33. The molecule has 0 aliphatic heterocycles. The SMILES string of the molecule is FCCCNC1CCc2c(Br)cccc21. The van der Waals surface area contributed by atoms with Crippen molar-refractivity contribution in [3.8, 4) is 0 Å². The molecular formula is C12H15BrFN. The summed E-state index contributed by atoms with van der Waals surface area (Å²) in [6, 6.07) is 6.74. The predicted molar refractivity (Wildman–Crippen MR) is 63.8 cm³/mol. The minimum Gasteiger partial charge on any atom is -0.310 e. The Morgan fingerprint density at radius 2 is 2.33 bits per heavy atom. The third-order valence-electron chi connectivity index (χ3n) is 2.91. The van der Waals surface area contributed by atoms with E-state index in [0.29, 0.717) is 12.5 Å². The van der Waals surface area contributed by atoms with Gasteiger partial charge in [0.2, 0.25) is 0 Å². The first-order valence-corrected chi connectivity index (χ1v) is 6.19. The largest absolute Gasteiger partial charge is 0.310 e. The molecule has 0 heterocycles. The second-order valence-corrected chi connectivity index (χ2v) is 4.75. The molecule has 0 aromatic heterocycles. The maximum absolute atomic E-state index is 12.0. The van der Waals surface area contributed by atoms with Crippen LogP contribution in [0.5, 0.6) is 0 Å². The van der Waals surface area contributed by atoms with Crippen LogP contribution in [0.25, 0.3) is 0 Å². The predicted octanol–water partition coefficient (Wildman–Crippen LogP) is 3.39. The molecule has 1 aliphatic rings. The fourth-order valence-corrected chi connectivity index (χ4v) is 2.74. The summed E-state index contributed by atoms with van der Waals surface area (Å²) in [5, 5.41) is 3.41. The minimum absolute atomic E-state index is 0.231. The average Bonchev–Trinajstić information content (AvgIpc) is 2.64. The molecule has 0 saturated carbocycles. The Hall–Kier alpha value is -0.410. The van der Waals surface area contributed by atoms with Crippen molar-refractivity contribution in [2.24, 2.45) is 0 Å². The van der Waals surface area contributed by atoms with Gasteiger partial charge >= 0.3 is 0 Å². The summed E-state index contributed by atoms with van der Waals surface area (Å²) in [6.45, 7) is 0.540. The number of hydrogen-bond donors (Lipinski definition) is 1. The molecule has 1 N–H and O–H groups in total. The summed E-state index contributed by atoms with van der Waals surface area (Å²) in [6.07, 6.45) is 2.86. The van der Waals surface area contributed by atoms with Crippen molar-refractivity contribution in [2.45, 2.75) is 25.3 Å². The molecule has 3 heteroatoms. The maximum atomic E-state index is 12.0. The lowest BCUT2D eigenvalue weighted by Crippen LogP contribution is -2.20. The van der Waals surface area contributed by atoms with Crippen molar-refractivity contribution in [3.63, 3.8) is 0 Å². The second-order valence-electron chi connectivity index (χ2n) is 3.90. The number of benzene rings is 1. The van der Waals surface area contributed by atoms with Gasteiger partial charge in [0, 0.05) is 10.5 Å². The molecule has 0 saturated heterocycles. The van der Waals surface area contributed by atoms with Gasteiger partial charge < -0.3 is 5.32 Å². The Balaban J connectivity index is 2.05. The highest BCUT2D eigenvalue weighted by Gasteiger charge is 2.22. The lowest BCUT2D eigenvalue weighted by atomic mass is 10.1. The Kier molecular flexibility index (Phi) is 3.76. The van der Waals surface area contributed by atoms with Gasteiger partial charge in [0.15, 0.2) is 0 Å². The van der Waals surface area contributed by atoms with E-state index >= 15 is 0 Å². The zero-order valence-corrected chi connectivity index (χ0v) is 10.2. The van der Waals surface area contributed by atoms with Gasteiger partial charge in [-0.2, -0.15) is 0 Å². The van der Waals surface area contributed by atoms with Gasteiger partial charge in [0.1, 0.15) is 0 Å². The summed E-state index contributed by atoms with van der Waals surface area (Å²) in [7, 11) is 0. The zero-order chi connectivity index (χ0) is 10.7. The molecule has 1 atom stereocenters. The fraction of sp³-hybridized carbons (Fsp3) is 0.500. The van der Waals surface area contributed by atoms with E-state index < -0.39 is 0 Å². The molecule has 0 fully saturated rings. The molecule has 0 bridgehead atoms. The van der Waals surface area contributed by atoms with Crippen LogP contribution >= 0.6 is 15.9 Å². The number of alkyl halides is 1. The van der Waals surface area contributed by atoms with Crippen molar-refractivity contribution < 1.29 is 4.39 Å². The molecule has 1 aromatic rings. The van der Waals surface area contributed by atoms with Gasteiger partial charge in [-0.25, -0.2) is 0 Å². The summed E-state index contributed by atoms with van der Waals surface area (Å²) in [5.41, 5.74) is 2.79. The molecule has 1 aromatic carbocycles. The third kappa shape index (κ3) is 2.40. The van der Waals surface area contributed by atoms with Crippen LogP contribution in [-0.4, -0.2) is 13.2 Å². The highest BCUT2D eigenvalue weighted by atomic mass is 79.9. The Morgan fingerprint density at radius 3 is 3.13 bits per heavy atom. The normalized spacial score (nSPS) is 19.2. The van der Waals surface area contributed by atoms with E-state index in [4.69, 9.17) is 0 Å². The number of fused-ring (bicyclic) bond motifs is 1. The lowest BCUT2D eigenvalue weighted by Gasteiger charge is -2.13. The first-order valence-electron chi connectivity index (χ1n) is 5.39. The Morgan fingerprint density at radius 1 is 1.47 bits per heavy atom. The van der Waals surface area contributed by atoms with Gasteiger partial charge in [0.05, 0.1) is 6.67 Å². The van der Waals surface area contributed by atoms with Crippen LogP contribution in [0.2, 0.25) is 0 Å². The molecular weight excluding hydrogens is 257 g/mol. The Bertz CT molecular complexity index is 340. The summed E-state index contributed by atoms with van der Waals surface area (Å²) in [5.74, 6) is 0. The van der Waals surface area contributed by atoms with Crippen LogP contribution in [0.15, 0.2) is 22.7 Å². The molecule has 2 rings (SSSR count). The van der Waals surface area contributed by atoms with E-state index in [1.165, 1.54) is 15.6 Å². The smallest absolute Gasteiger partial charge is 0.0906 e. The highest BCUT2D eigenvalue weighted by molar-refractivity contribution is 9.10. The monoisotopic (exact) mass is 271 g/mol. The first kappa shape index (κ1) is 11.1. The van der Waals surface area contributed by atoms with Gasteiger partial charge in [-0.3, -0.25) is 4.39 Å². The van der Waals surface area contributed by atoms with Gasteiger partial charge in [-0.05, 0) is 43.0 Å². The van der Waals surface area contributed by atoms with E-state index in [0.717, 1.165) is 19.4 Å². The van der Waals surface area contributed by atoms with E-state index in [9.17, 15) is 4.39 Å². The highest BCUT2D eigenvalue weighted by Crippen LogP contribution is 2.35. The Labute approximate surface area is 98.2 Å². The van der Waals surface area contributed by atoms with E-state index in [2.05, 4.69) is 39.4 Å². The van der Waals surface area contributed by atoms with E-state index in [-0.39, 0.29) is 6.67 Å². The van der Waals surface area contributed by atoms with Gasteiger partial charge in [0.25, 0.3) is 0 Å². The lowest BCUT2D eigenvalue weighted by molar-refractivity contribution is 0.438. The van der Waals surface area contributed by atoms with Gasteiger partial charge in [-0.15, -0.1) is 0 Å². The van der Waals surface area contributed by atoms with Crippen LogP contribution in [0.1, 0.15) is 30.0 Å². The maximum Gasteiger partial charge on any atom is 0.0906 e. The average molecular weight is 272 g/mol. The number of nitrogens with one attached hydrogen (secondary N) is 1. The quantitative estimate of drug-likeness (QED) is 0.828. The van der Waals surface area contributed by atoms with Crippen molar-refractivity contribution in [2.75, 3.05) is 13.2 Å². The standard InChI is InChI=1S/C12H15BrFN/c13-11-4-1-3-10-9(11)5-6-12(10)15-8-2-7-14/h1,3-4,12,15H,2,5-8H2. The van der Waals surface area contributed by atoms with Crippen molar-refractivity contribution in [1.29, 1.82) is 0 Å². The summed E-state index contributed by atoms with van der Waals surface area (Å²) >= 11 is 3.57. The number of halogens is 2. The summed E-state index contributed by atoms with van der Waals surface area (Å²) in [4.78, 5) is 0. The molecule has 0 spiro atoms. The topological polar surface area (TPSA) is 12.0 Å². The van der Waals surface area contributed by atoms with Crippen molar-refractivity contribution >= 4 is 15.9 Å². The molecule has 1 unspecified atom stereocenters. The molecule has 0 radical (unpaired) electrons. The van der Waals surface area contributed by atoms with Crippen LogP contribution in [0.4, 0.5) is 4.39 Å². The molecule has 1 nitrogen and oxygen atoms in total. The third-order valence-corrected chi connectivity index (χ3v) is 3.66. The van der Waals surface area contributed by atoms with Crippen molar-refractivity contribution in [1.82, 2.24) is 5.32 Å². The molecule has 0 amide bonds. The van der Waals surface area contributed by atoms with Crippen LogP contribution in [0.3, 0.4) is 0 Å². The van der Waals surface area contributed by atoms with E-state index in [1.807, 2.05) is 0 Å².